The average Bonchev–Trinajstić information content (AvgIpc) is 2.30. The van der Waals surface area contributed by atoms with Crippen LogP contribution in [0.2, 0.25) is 0 Å². The Bertz CT molecular complexity index is 519. The number of hydrogen-bond acceptors (Lipinski definition) is 3. The van der Waals surface area contributed by atoms with Crippen molar-refractivity contribution < 1.29 is 12.8 Å². The molecule has 0 saturated heterocycles. The number of halogens is 2. The molecule has 0 aliphatic carbocycles. The molecule has 0 bridgehead atoms. The number of rotatable bonds is 7. The molecule has 1 unspecified atom stereocenters. The standard InChI is InChI=1S/C13H19BrFNO2S/c1-3-7-16-11(9-19(2,17)18)8-10-5-4-6-12(15)13(10)14/h4-6,11,16H,3,7-9H2,1-2H3. The molecule has 0 spiro atoms. The zero-order valence-corrected chi connectivity index (χ0v) is 13.5. The van der Waals surface area contributed by atoms with Gasteiger partial charge in [0.1, 0.15) is 15.7 Å². The third-order valence-corrected chi connectivity index (χ3v) is 4.58. The topological polar surface area (TPSA) is 46.2 Å². The van der Waals surface area contributed by atoms with Crippen LogP contribution < -0.4 is 5.32 Å². The van der Waals surface area contributed by atoms with Crippen molar-refractivity contribution in [2.45, 2.75) is 25.8 Å². The molecule has 0 aromatic heterocycles. The Labute approximate surface area is 122 Å². The number of benzene rings is 1. The molecule has 1 aromatic rings. The van der Waals surface area contributed by atoms with E-state index in [1.165, 1.54) is 12.3 Å². The van der Waals surface area contributed by atoms with E-state index in [-0.39, 0.29) is 17.6 Å². The maximum atomic E-state index is 13.4. The monoisotopic (exact) mass is 351 g/mol. The highest BCUT2D eigenvalue weighted by atomic mass is 79.9. The molecule has 0 amide bonds. The number of hydrogen-bond donors (Lipinski definition) is 1. The summed E-state index contributed by atoms with van der Waals surface area (Å²) in [5.74, 6) is -0.276. The maximum Gasteiger partial charge on any atom is 0.148 e. The SMILES string of the molecule is CCCNC(Cc1cccc(F)c1Br)CS(C)(=O)=O. The van der Waals surface area contributed by atoms with Crippen molar-refractivity contribution in [1.29, 1.82) is 0 Å². The fourth-order valence-electron chi connectivity index (χ4n) is 1.88. The molecular formula is C13H19BrFNO2S. The van der Waals surface area contributed by atoms with E-state index in [0.29, 0.717) is 10.9 Å². The van der Waals surface area contributed by atoms with Gasteiger partial charge >= 0.3 is 0 Å². The van der Waals surface area contributed by atoms with Crippen LogP contribution in [0.3, 0.4) is 0 Å². The highest BCUT2D eigenvalue weighted by Crippen LogP contribution is 2.21. The summed E-state index contributed by atoms with van der Waals surface area (Å²) in [5.41, 5.74) is 0.775. The zero-order valence-electron chi connectivity index (χ0n) is 11.1. The van der Waals surface area contributed by atoms with Crippen LogP contribution in [-0.4, -0.2) is 33.0 Å². The highest BCUT2D eigenvalue weighted by molar-refractivity contribution is 9.10. The predicted molar refractivity (Wildman–Crippen MR) is 79.6 cm³/mol. The Morgan fingerprint density at radius 3 is 2.68 bits per heavy atom. The van der Waals surface area contributed by atoms with Gasteiger partial charge in [0, 0.05) is 12.3 Å². The van der Waals surface area contributed by atoms with E-state index in [1.807, 2.05) is 6.92 Å². The Hall–Kier alpha value is -0.460. The third-order valence-electron chi connectivity index (χ3n) is 2.68. The summed E-state index contributed by atoms with van der Waals surface area (Å²) in [6.07, 6.45) is 2.62. The van der Waals surface area contributed by atoms with Gasteiger partial charge in [-0.25, -0.2) is 12.8 Å². The third kappa shape index (κ3) is 6.01. The van der Waals surface area contributed by atoms with E-state index < -0.39 is 9.84 Å². The molecule has 0 saturated carbocycles. The first-order valence-electron chi connectivity index (χ1n) is 6.17. The molecule has 0 heterocycles. The lowest BCUT2D eigenvalue weighted by Crippen LogP contribution is -2.37. The van der Waals surface area contributed by atoms with Gasteiger partial charge in [-0.2, -0.15) is 0 Å². The van der Waals surface area contributed by atoms with Gasteiger partial charge in [0.05, 0.1) is 10.2 Å². The van der Waals surface area contributed by atoms with E-state index in [1.54, 1.807) is 12.1 Å². The molecule has 1 atom stereocenters. The van der Waals surface area contributed by atoms with Crippen LogP contribution in [0.5, 0.6) is 0 Å². The molecule has 1 N–H and O–H groups in total. The molecule has 1 aromatic carbocycles. The molecular weight excluding hydrogens is 333 g/mol. The van der Waals surface area contributed by atoms with Crippen LogP contribution in [0.15, 0.2) is 22.7 Å². The minimum Gasteiger partial charge on any atom is -0.313 e. The second-order valence-corrected chi connectivity index (χ2v) is 7.64. The Kier molecular flexibility index (Phi) is 6.42. The van der Waals surface area contributed by atoms with Gasteiger partial charge in [-0.05, 0) is 46.9 Å². The molecule has 1 rings (SSSR count). The minimum absolute atomic E-state index is 0.0515. The maximum absolute atomic E-state index is 13.4. The van der Waals surface area contributed by atoms with Gasteiger partial charge in [-0.3, -0.25) is 0 Å². The largest absolute Gasteiger partial charge is 0.313 e. The van der Waals surface area contributed by atoms with E-state index >= 15 is 0 Å². The Balaban J connectivity index is 2.84. The van der Waals surface area contributed by atoms with Crippen molar-refractivity contribution in [2.75, 3.05) is 18.6 Å². The summed E-state index contributed by atoms with van der Waals surface area (Å²) in [6.45, 7) is 2.76. The van der Waals surface area contributed by atoms with Crippen LogP contribution in [0.1, 0.15) is 18.9 Å². The summed E-state index contributed by atoms with van der Waals surface area (Å²) in [4.78, 5) is 0. The molecule has 0 aliphatic heterocycles. The van der Waals surface area contributed by atoms with Gasteiger partial charge in [-0.1, -0.05) is 19.1 Å². The molecule has 19 heavy (non-hydrogen) atoms. The summed E-state index contributed by atoms with van der Waals surface area (Å²) in [7, 11) is -3.07. The second kappa shape index (κ2) is 7.36. The molecule has 3 nitrogen and oxygen atoms in total. The van der Waals surface area contributed by atoms with E-state index in [0.717, 1.165) is 18.5 Å². The van der Waals surface area contributed by atoms with E-state index in [9.17, 15) is 12.8 Å². The van der Waals surface area contributed by atoms with Crippen LogP contribution in [0.25, 0.3) is 0 Å². The average molecular weight is 352 g/mol. The summed E-state index contributed by atoms with van der Waals surface area (Å²) < 4.78 is 36.7. The van der Waals surface area contributed by atoms with Crippen LogP contribution >= 0.6 is 15.9 Å². The van der Waals surface area contributed by atoms with Crippen LogP contribution in [0.4, 0.5) is 4.39 Å². The molecule has 108 valence electrons. The van der Waals surface area contributed by atoms with Crippen LogP contribution in [0, 0.1) is 5.82 Å². The predicted octanol–water partition coefficient (Wildman–Crippen LogP) is 2.54. The first-order chi connectivity index (χ1) is 8.83. The highest BCUT2D eigenvalue weighted by Gasteiger charge is 2.17. The van der Waals surface area contributed by atoms with Gasteiger partial charge in [0.15, 0.2) is 0 Å². The van der Waals surface area contributed by atoms with Gasteiger partial charge < -0.3 is 5.32 Å². The lowest BCUT2D eigenvalue weighted by Gasteiger charge is -2.18. The van der Waals surface area contributed by atoms with Crippen molar-refractivity contribution in [2.24, 2.45) is 0 Å². The van der Waals surface area contributed by atoms with Crippen molar-refractivity contribution in [3.8, 4) is 0 Å². The van der Waals surface area contributed by atoms with E-state index in [2.05, 4.69) is 21.2 Å². The lowest BCUT2D eigenvalue weighted by atomic mass is 10.1. The van der Waals surface area contributed by atoms with Gasteiger partial charge in [0.25, 0.3) is 0 Å². The smallest absolute Gasteiger partial charge is 0.148 e. The van der Waals surface area contributed by atoms with Crippen molar-refractivity contribution in [1.82, 2.24) is 5.32 Å². The summed E-state index contributed by atoms with van der Waals surface area (Å²) in [5, 5.41) is 3.20. The number of sulfone groups is 1. The molecule has 0 aliphatic rings. The summed E-state index contributed by atoms with van der Waals surface area (Å²) >= 11 is 3.20. The van der Waals surface area contributed by atoms with Crippen molar-refractivity contribution in [3.63, 3.8) is 0 Å². The molecule has 0 fully saturated rings. The van der Waals surface area contributed by atoms with Crippen molar-refractivity contribution >= 4 is 25.8 Å². The normalized spacial score (nSPS) is 13.5. The molecule has 6 heteroatoms. The first kappa shape index (κ1) is 16.6. The van der Waals surface area contributed by atoms with Crippen LogP contribution in [-0.2, 0) is 16.3 Å². The Morgan fingerprint density at radius 1 is 1.42 bits per heavy atom. The quantitative estimate of drug-likeness (QED) is 0.820. The van der Waals surface area contributed by atoms with Gasteiger partial charge in [0.2, 0.25) is 0 Å². The molecule has 0 radical (unpaired) electrons. The van der Waals surface area contributed by atoms with E-state index in [4.69, 9.17) is 0 Å². The van der Waals surface area contributed by atoms with Gasteiger partial charge in [-0.15, -0.1) is 0 Å². The first-order valence-corrected chi connectivity index (χ1v) is 9.03. The lowest BCUT2D eigenvalue weighted by molar-refractivity contribution is 0.527. The number of nitrogens with one attached hydrogen (secondary N) is 1. The second-order valence-electron chi connectivity index (χ2n) is 4.66. The minimum atomic E-state index is -3.07. The fraction of sp³-hybridized carbons (Fsp3) is 0.538. The summed E-state index contributed by atoms with van der Waals surface area (Å²) in [6, 6.07) is 4.61. The zero-order chi connectivity index (χ0) is 14.5. The fourth-order valence-corrected chi connectivity index (χ4v) is 3.27. The Morgan fingerprint density at radius 2 is 2.11 bits per heavy atom. The van der Waals surface area contributed by atoms with Crippen molar-refractivity contribution in [3.05, 3.63) is 34.1 Å².